The number of rotatable bonds is 1. The Morgan fingerprint density at radius 2 is 1.29 bits per heavy atom. The smallest absolute Gasteiger partial charge is 0.129 e. The zero-order chi connectivity index (χ0) is 18.7. The van der Waals surface area contributed by atoms with Crippen molar-refractivity contribution in [2.45, 2.75) is 0 Å². The van der Waals surface area contributed by atoms with Gasteiger partial charge < -0.3 is 4.98 Å². The van der Waals surface area contributed by atoms with Crippen LogP contribution >= 0.6 is 11.6 Å². The molecular weight excluding hydrogens is 364 g/mol. The van der Waals surface area contributed by atoms with Gasteiger partial charge in [0.1, 0.15) is 5.15 Å². The largest absolute Gasteiger partial charge is 0.353 e. The van der Waals surface area contributed by atoms with Crippen molar-refractivity contribution in [1.29, 1.82) is 0 Å². The molecule has 1 N–H and O–H groups in total. The number of H-pyrrole nitrogens is 1. The van der Waals surface area contributed by atoms with Crippen LogP contribution in [0.4, 0.5) is 0 Å². The number of nitrogens with one attached hydrogen (secondary N) is 1. The van der Waals surface area contributed by atoms with Crippen LogP contribution in [0.15, 0.2) is 84.9 Å². The molecule has 0 unspecified atom stereocenters. The van der Waals surface area contributed by atoms with E-state index in [9.17, 15) is 0 Å². The first-order valence-corrected chi connectivity index (χ1v) is 9.64. The first-order valence-electron chi connectivity index (χ1n) is 9.27. The first kappa shape index (κ1) is 15.7. The number of fused-ring (bicyclic) bond motifs is 5. The molecule has 4 aromatic carbocycles. The minimum absolute atomic E-state index is 0.506. The molecule has 0 spiro atoms. The third-order valence-electron chi connectivity index (χ3n) is 5.46. The summed E-state index contributed by atoms with van der Waals surface area (Å²) in [6.07, 6.45) is 0. The molecule has 0 saturated heterocycles. The highest BCUT2D eigenvalue weighted by molar-refractivity contribution is 6.30. The maximum Gasteiger partial charge on any atom is 0.129 e. The highest BCUT2D eigenvalue weighted by atomic mass is 35.5. The average Bonchev–Trinajstić information content (AvgIpc) is 3.16. The van der Waals surface area contributed by atoms with E-state index >= 15 is 0 Å². The van der Waals surface area contributed by atoms with Gasteiger partial charge in [-0.2, -0.15) is 0 Å². The Hall–Kier alpha value is -3.36. The fourth-order valence-electron chi connectivity index (χ4n) is 4.20. The SMILES string of the molecule is Clc1ccc2ccc3cc(-c4c5ccccc5cc5ccccc45)[nH]c3c2n1. The van der Waals surface area contributed by atoms with Crippen molar-refractivity contribution in [2.75, 3.05) is 0 Å². The van der Waals surface area contributed by atoms with Gasteiger partial charge in [-0.15, -0.1) is 0 Å². The third kappa shape index (κ3) is 2.25. The average molecular weight is 379 g/mol. The van der Waals surface area contributed by atoms with Gasteiger partial charge in [0.25, 0.3) is 0 Å². The minimum Gasteiger partial charge on any atom is -0.353 e. The summed E-state index contributed by atoms with van der Waals surface area (Å²) in [6.45, 7) is 0. The Bertz CT molecular complexity index is 1470. The van der Waals surface area contributed by atoms with E-state index in [1.807, 2.05) is 12.1 Å². The predicted molar refractivity (Wildman–Crippen MR) is 119 cm³/mol. The first-order chi connectivity index (χ1) is 13.8. The number of hydrogen-bond donors (Lipinski definition) is 1. The van der Waals surface area contributed by atoms with Crippen molar-refractivity contribution in [3.63, 3.8) is 0 Å². The number of aromatic amines is 1. The van der Waals surface area contributed by atoms with Gasteiger partial charge in [0.15, 0.2) is 0 Å². The van der Waals surface area contributed by atoms with E-state index in [0.29, 0.717) is 5.15 Å². The topological polar surface area (TPSA) is 28.7 Å². The van der Waals surface area contributed by atoms with Gasteiger partial charge in [0.05, 0.1) is 11.0 Å². The molecule has 0 atom stereocenters. The summed E-state index contributed by atoms with van der Waals surface area (Å²) in [6, 6.07) is 29.6. The summed E-state index contributed by atoms with van der Waals surface area (Å²) in [7, 11) is 0. The summed E-state index contributed by atoms with van der Waals surface area (Å²) in [5.41, 5.74) is 4.24. The van der Waals surface area contributed by atoms with E-state index in [0.717, 1.165) is 27.5 Å². The molecule has 6 rings (SSSR count). The van der Waals surface area contributed by atoms with Crippen LogP contribution < -0.4 is 0 Å². The van der Waals surface area contributed by atoms with Crippen LogP contribution in [0.1, 0.15) is 0 Å². The maximum atomic E-state index is 6.17. The molecule has 0 amide bonds. The normalized spacial score (nSPS) is 11.8. The van der Waals surface area contributed by atoms with Gasteiger partial charge in [0.2, 0.25) is 0 Å². The summed E-state index contributed by atoms with van der Waals surface area (Å²) in [5, 5.41) is 7.67. The molecule has 2 aromatic heterocycles. The van der Waals surface area contributed by atoms with E-state index in [1.165, 1.54) is 27.1 Å². The molecule has 0 aliphatic carbocycles. The molecule has 0 bridgehead atoms. The highest BCUT2D eigenvalue weighted by Crippen LogP contribution is 2.38. The zero-order valence-corrected chi connectivity index (χ0v) is 15.7. The molecule has 0 aliphatic heterocycles. The molecule has 0 fully saturated rings. The van der Waals surface area contributed by atoms with Crippen molar-refractivity contribution < 1.29 is 0 Å². The minimum atomic E-state index is 0.506. The Labute approximate surface area is 166 Å². The monoisotopic (exact) mass is 378 g/mol. The summed E-state index contributed by atoms with van der Waals surface area (Å²) >= 11 is 6.17. The quantitative estimate of drug-likeness (QED) is 0.235. The van der Waals surface area contributed by atoms with E-state index in [-0.39, 0.29) is 0 Å². The van der Waals surface area contributed by atoms with E-state index in [2.05, 4.69) is 82.8 Å². The van der Waals surface area contributed by atoms with Gasteiger partial charge in [0, 0.05) is 22.0 Å². The van der Waals surface area contributed by atoms with Crippen LogP contribution in [0.2, 0.25) is 5.15 Å². The van der Waals surface area contributed by atoms with Crippen LogP contribution in [-0.2, 0) is 0 Å². The molecule has 3 heteroatoms. The van der Waals surface area contributed by atoms with E-state index < -0.39 is 0 Å². The molecule has 6 aromatic rings. The van der Waals surface area contributed by atoms with E-state index in [4.69, 9.17) is 11.6 Å². The van der Waals surface area contributed by atoms with Gasteiger partial charge >= 0.3 is 0 Å². The fourth-order valence-corrected chi connectivity index (χ4v) is 4.34. The molecule has 0 saturated carbocycles. The van der Waals surface area contributed by atoms with Crippen LogP contribution in [0, 0.1) is 0 Å². The molecular formula is C25H15ClN2. The standard InChI is InChI=1S/C25H15ClN2/c26-22-12-11-15-9-10-18-14-21(27-25(18)24(15)28-22)23-19-7-3-1-5-16(19)13-17-6-2-4-8-20(17)23/h1-14,27H. The Morgan fingerprint density at radius 1 is 0.643 bits per heavy atom. The van der Waals surface area contributed by atoms with Crippen LogP contribution in [0.5, 0.6) is 0 Å². The fraction of sp³-hybridized carbons (Fsp3) is 0. The van der Waals surface area contributed by atoms with Gasteiger partial charge in [-0.25, -0.2) is 4.98 Å². The van der Waals surface area contributed by atoms with Gasteiger partial charge in [-0.05, 0) is 45.8 Å². The molecule has 132 valence electrons. The second-order valence-electron chi connectivity index (χ2n) is 7.11. The number of aromatic nitrogens is 2. The molecule has 28 heavy (non-hydrogen) atoms. The molecule has 0 radical (unpaired) electrons. The Balaban J connectivity index is 1.76. The van der Waals surface area contributed by atoms with Crippen molar-refractivity contribution in [3.05, 3.63) is 90.1 Å². The third-order valence-corrected chi connectivity index (χ3v) is 5.67. The number of pyridine rings is 1. The van der Waals surface area contributed by atoms with Crippen molar-refractivity contribution in [1.82, 2.24) is 9.97 Å². The second-order valence-corrected chi connectivity index (χ2v) is 7.50. The Kier molecular flexibility index (Phi) is 3.26. The Morgan fingerprint density at radius 3 is 2.04 bits per heavy atom. The van der Waals surface area contributed by atoms with Crippen molar-refractivity contribution >= 4 is 55.0 Å². The molecule has 2 nitrogen and oxygen atoms in total. The van der Waals surface area contributed by atoms with Crippen LogP contribution in [0.3, 0.4) is 0 Å². The van der Waals surface area contributed by atoms with Crippen LogP contribution in [-0.4, -0.2) is 9.97 Å². The molecule has 0 aliphatic rings. The van der Waals surface area contributed by atoms with Gasteiger partial charge in [-0.1, -0.05) is 72.3 Å². The summed E-state index contributed by atoms with van der Waals surface area (Å²) in [4.78, 5) is 8.21. The second kappa shape index (κ2) is 5.82. The number of nitrogens with zero attached hydrogens (tertiary/aromatic N) is 1. The number of benzene rings is 4. The lowest BCUT2D eigenvalue weighted by Gasteiger charge is -2.10. The van der Waals surface area contributed by atoms with Crippen molar-refractivity contribution in [3.8, 4) is 11.3 Å². The number of halogens is 1. The maximum absolute atomic E-state index is 6.17. The molecule has 2 heterocycles. The lowest BCUT2D eigenvalue weighted by Crippen LogP contribution is -1.86. The predicted octanol–water partition coefficient (Wildman–Crippen LogP) is 7.34. The van der Waals surface area contributed by atoms with Gasteiger partial charge in [-0.3, -0.25) is 0 Å². The van der Waals surface area contributed by atoms with Crippen molar-refractivity contribution in [2.24, 2.45) is 0 Å². The lowest BCUT2D eigenvalue weighted by molar-refractivity contribution is 1.40. The summed E-state index contributed by atoms with van der Waals surface area (Å²) < 4.78 is 0. The summed E-state index contributed by atoms with van der Waals surface area (Å²) in [5.74, 6) is 0. The number of hydrogen-bond acceptors (Lipinski definition) is 1. The zero-order valence-electron chi connectivity index (χ0n) is 14.9. The lowest BCUT2D eigenvalue weighted by atomic mass is 9.95. The van der Waals surface area contributed by atoms with E-state index in [1.54, 1.807) is 0 Å². The highest BCUT2D eigenvalue weighted by Gasteiger charge is 2.13. The van der Waals surface area contributed by atoms with Crippen LogP contribution in [0.25, 0.3) is 54.6 Å².